The third-order valence-electron chi connectivity index (χ3n) is 3.08. The number of amides is 1. The third-order valence-corrected chi connectivity index (χ3v) is 3.38. The zero-order valence-electron chi connectivity index (χ0n) is 10.5. The zero-order valence-corrected chi connectivity index (χ0v) is 11.3. The van der Waals surface area contributed by atoms with Gasteiger partial charge < -0.3 is 10.1 Å². The molecule has 1 aliphatic heterocycles. The van der Waals surface area contributed by atoms with Gasteiger partial charge in [-0.05, 0) is 31.7 Å². The van der Waals surface area contributed by atoms with Gasteiger partial charge in [-0.25, -0.2) is 9.37 Å². The molecule has 19 heavy (non-hydrogen) atoms. The summed E-state index contributed by atoms with van der Waals surface area (Å²) in [6.07, 6.45) is 5.24. The number of halogens is 2. The van der Waals surface area contributed by atoms with Crippen molar-refractivity contribution in [3.05, 3.63) is 28.8 Å². The maximum absolute atomic E-state index is 13.0. The first-order valence-electron chi connectivity index (χ1n) is 6.37. The van der Waals surface area contributed by atoms with Gasteiger partial charge in [0.1, 0.15) is 11.0 Å². The molecule has 1 fully saturated rings. The predicted octanol–water partition coefficient (Wildman–Crippen LogP) is 2.56. The van der Waals surface area contributed by atoms with Crippen LogP contribution < -0.4 is 5.32 Å². The molecular formula is C13H16ClFN2O2. The number of pyridine rings is 1. The van der Waals surface area contributed by atoms with Crippen LogP contribution in [0.1, 0.15) is 36.0 Å². The Morgan fingerprint density at radius 1 is 1.58 bits per heavy atom. The Balaban J connectivity index is 1.82. The van der Waals surface area contributed by atoms with E-state index in [1.807, 2.05) is 0 Å². The Bertz CT molecular complexity index is 450. The Morgan fingerprint density at radius 2 is 2.42 bits per heavy atom. The van der Waals surface area contributed by atoms with Crippen LogP contribution in [0.25, 0.3) is 0 Å². The van der Waals surface area contributed by atoms with E-state index >= 15 is 0 Å². The molecule has 104 valence electrons. The highest BCUT2D eigenvalue weighted by molar-refractivity contribution is 6.32. The van der Waals surface area contributed by atoms with Crippen LogP contribution in [-0.2, 0) is 4.74 Å². The summed E-state index contributed by atoms with van der Waals surface area (Å²) in [5.41, 5.74) is 0.0613. The monoisotopic (exact) mass is 286 g/mol. The number of aromatic nitrogens is 1. The Kier molecular flexibility index (Phi) is 5.10. The average Bonchev–Trinajstić information content (AvgIpc) is 2.42. The van der Waals surface area contributed by atoms with Gasteiger partial charge in [-0.1, -0.05) is 11.6 Å². The van der Waals surface area contributed by atoms with E-state index in [-0.39, 0.29) is 16.8 Å². The van der Waals surface area contributed by atoms with Crippen molar-refractivity contribution in [3.8, 4) is 0 Å². The number of carbonyl (C=O) groups excluding carboxylic acids is 1. The van der Waals surface area contributed by atoms with Crippen molar-refractivity contribution in [2.24, 2.45) is 0 Å². The normalized spacial score (nSPS) is 19.2. The number of nitrogens with one attached hydrogen (secondary N) is 1. The lowest BCUT2D eigenvalue weighted by Crippen LogP contribution is -2.29. The number of carbonyl (C=O) groups is 1. The molecule has 1 aromatic rings. The number of hydrogen-bond donors (Lipinski definition) is 1. The molecule has 0 aliphatic carbocycles. The van der Waals surface area contributed by atoms with E-state index in [1.165, 1.54) is 0 Å². The van der Waals surface area contributed by atoms with Crippen molar-refractivity contribution in [3.63, 3.8) is 0 Å². The number of ether oxygens (including phenoxy) is 1. The van der Waals surface area contributed by atoms with Gasteiger partial charge in [-0.15, -0.1) is 0 Å². The Hall–Kier alpha value is -1.20. The molecule has 1 saturated heterocycles. The van der Waals surface area contributed by atoms with E-state index in [4.69, 9.17) is 16.3 Å². The lowest BCUT2D eigenvalue weighted by atomic mass is 10.1. The molecule has 0 bridgehead atoms. The van der Waals surface area contributed by atoms with Gasteiger partial charge in [-0.2, -0.15) is 0 Å². The minimum Gasteiger partial charge on any atom is -0.378 e. The van der Waals surface area contributed by atoms with Crippen molar-refractivity contribution in [2.75, 3.05) is 13.2 Å². The molecule has 0 saturated carbocycles. The lowest BCUT2D eigenvalue weighted by molar-refractivity contribution is 0.0117. The molecule has 1 atom stereocenters. The van der Waals surface area contributed by atoms with Crippen molar-refractivity contribution in [1.82, 2.24) is 10.3 Å². The minimum absolute atomic E-state index is 0.00724. The van der Waals surface area contributed by atoms with Crippen molar-refractivity contribution < 1.29 is 13.9 Å². The van der Waals surface area contributed by atoms with Gasteiger partial charge in [0.2, 0.25) is 0 Å². The van der Waals surface area contributed by atoms with E-state index in [0.717, 1.165) is 44.6 Å². The van der Waals surface area contributed by atoms with Crippen LogP contribution in [0.15, 0.2) is 12.3 Å². The molecule has 1 aromatic heterocycles. The molecular weight excluding hydrogens is 271 g/mol. The summed E-state index contributed by atoms with van der Waals surface area (Å²) in [7, 11) is 0. The van der Waals surface area contributed by atoms with Gasteiger partial charge in [-0.3, -0.25) is 4.79 Å². The maximum Gasteiger partial charge on any atom is 0.254 e. The molecule has 0 aromatic carbocycles. The lowest BCUT2D eigenvalue weighted by Gasteiger charge is -2.22. The van der Waals surface area contributed by atoms with E-state index < -0.39 is 11.7 Å². The summed E-state index contributed by atoms with van der Waals surface area (Å²) in [5.74, 6) is -0.988. The van der Waals surface area contributed by atoms with Crippen LogP contribution in [-0.4, -0.2) is 30.1 Å². The van der Waals surface area contributed by atoms with Crippen LogP contribution in [0.2, 0.25) is 5.15 Å². The molecule has 1 amide bonds. The third kappa shape index (κ3) is 4.14. The molecule has 1 unspecified atom stereocenters. The highest BCUT2D eigenvalue weighted by Gasteiger charge is 2.15. The first kappa shape index (κ1) is 14.2. The summed E-state index contributed by atoms with van der Waals surface area (Å²) in [6.45, 7) is 1.27. The highest BCUT2D eigenvalue weighted by Crippen LogP contribution is 2.16. The van der Waals surface area contributed by atoms with Gasteiger partial charge in [0.05, 0.1) is 17.9 Å². The fraction of sp³-hybridized carbons (Fsp3) is 0.538. The highest BCUT2D eigenvalue weighted by atomic mass is 35.5. The summed E-state index contributed by atoms with van der Waals surface area (Å²) in [4.78, 5) is 15.4. The number of nitrogens with zero attached hydrogens (tertiary/aromatic N) is 1. The van der Waals surface area contributed by atoms with E-state index in [1.54, 1.807) is 0 Å². The van der Waals surface area contributed by atoms with Crippen LogP contribution >= 0.6 is 11.6 Å². The van der Waals surface area contributed by atoms with E-state index in [9.17, 15) is 9.18 Å². The summed E-state index contributed by atoms with van der Waals surface area (Å²) in [5, 5.41) is 2.71. The Morgan fingerprint density at radius 3 is 3.16 bits per heavy atom. The molecule has 1 N–H and O–H groups in total. The molecule has 4 nitrogen and oxygen atoms in total. The van der Waals surface area contributed by atoms with Crippen molar-refractivity contribution >= 4 is 17.5 Å². The quantitative estimate of drug-likeness (QED) is 0.866. The topological polar surface area (TPSA) is 51.2 Å². The van der Waals surface area contributed by atoms with E-state index in [0.29, 0.717) is 6.54 Å². The average molecular weight is 287 g/mol. The largest absolute Gasteiger partial charge is 0.378 e. The van der Waals surface area contributed by atoms with Crippen LogP contribution in [0.3, 0.4) is 0 Å². The summed E-state index contributed by atoms with van der Waals surface area (Å²) in [6, 6.07) is 1.09. The fourth-order valence-corrected chi connectivity index (χ4v) is 2.25. The first-order valence-corrected chi connectivity index (χ1v) is 6.75. The Labute approximate surface area is 116 Å². The van der Waals surface area contributed by atoms with Crippen LogP contribution in [0.5, 0.6) is 0 Å². The number of hydrogen-bond acceptors (Lipinski definition) is 3. The molecule has 2 rings (SSSR count). The zero-order chi connectivity index (χ0) is 13.7. The first-order chi connectivity index (χ1) is 9.16. The van der Waals surface area contributed by atoms with Gasteiger partial charge >= 0.3 is 0 Å². The minimum atomic E-state index is -0.579. The van der Waals surface area contributed by atoms with Gasteiger partial charge in [0.15, 0.2) is 0 Å². The molecule has 2 heterocycles. The second kappa shape index (κ2) is 6.82. The predicted molar refractivity (Wildman–Crippen MR) is 69.7 cm³/mol. The second-order valence-electron chi connectivity index (χ2n) is 4.53. The van der Waals surface area contributed by atoms with Crippen LogP contribution in [0, 0.1) is 5.82 Å². The fourth-order valence-electron chi connectivity index (χ4n) is 2.06. The van der Waals surface area contributed by atoms with Gasteiger partial charge in [0, 0.05) is 13.2 Å². The van der Waals surface area contributed by atoms with Crippen molar-refractivity contribution in [2.45, 2.75) is 31.8 Å². The van der Waals surface area contributed by atoms with E-state index in [2.05, 4.69) is 10.3 Å². The van der Waals surface area contributed by atoms with Crippen molar-refractivity contribution in [1.29, 1.82) is 0 Å². The summed E-state index contributed by atoms with van der Waals surface area (Å²) >= 11 is 5.76. The molecule has 1 aliphatic rings. The number of rotatable bonds is 4. The second-order valence-corrected chi connectivity index (χ2v) is 4.88. The van der Waals surface area contributed by atoms with Gasteiger partial charge in [0.25, 0.3) is 5.91 Å². The maximum atomic E-state index is 13.0. The molecule has 0 spiro atoms. The summed E-state index contributed by atoms with van der Waals surface area (Å²) < 4.78 is 18.6. The standard InChI is InChI=1S/C13H16ClFN2O2/c14-12-11(7-9(15)8-17-12)13(18)16-5-4-10-3-1-2-6-19-10/h7-8,10H,1-6H2,(H,16,18). The smallest absolute Gasteiger partial charge is 0.254 e. The SMILES string of the molecule is O=C(NCCC1CCCCO1)c1cc(F)cnc1Cl. The molecule has 6 heteroatoms. The van der Waals surface area contributed by atoms with Crippen LogP contribution in [0.4, 0.5) is 4.39 Å². The molecule has 0 radical (unpaired) electrons.